The van der Waals surface area contributed by atoms with Crippen molar-refractivity contribution in [3.63, 3.8) is 0 Å². The van der Waals surface area contributed by atoms with Crippen LogP contribution in [0.1, 0.15) is 21.5 Å². The van der Waals surface area contributed by atoms with Crippen LogP contribution in [0.25, 0.3) is 16.7 Å². The van der Waals surface area contributed by atoms with Crippen LogP contribution in [0.2, 0.25) is 0 Å². The molecule has 0 aliphatic rings. The summed E-state index contributed by atoms with van der Waals surface area (Å²) in [6.07, 6.45) is 1.66. The third kappa shape index (κ3) is 2.87. The number of nitrogens with two attached hydrogens (primary N) is 1. The number of amides is 1. The lowest BCUT2D eigenvalue weighted by molar-refractivity contribution is -0.649. The van der Waals surface area contributed by atoms with E-state index in [9.17, 15) is 9.59 Å². The molecule has 0 aliphatic heterocycles. The summed E-state index contributed by atoms with van der Waals surface area (Å²) < 4.78 is 3.18. The lowest BCUT2D eigenvalue weighted by atomic mass is 10.1. The molecule has 3 heterocycles. The molecule has 0 spiro atoms. The first kappa shape index (κ1) is 17.7. The molecule has 140 valence electrons. The number of fused-ring (bicyclic) bond motifs is 2. The number of anilines is 1. The molecule has 0 radical (unpaired) electrons. The number of nitrogen functional groups attached to an aromatic ring is 1. The van der Waals surface area contributed by atoms with Gasteiger partial charge in [0, 0.05) is 13.2 Å². The number of hydrogen-bond acceptors (Lipinski definition) is 4. The lowest BCUT2D eigenvalue weighted by Gasteiger charge is -2.12. The zero-order valence-electron chi connectivity index (χ0n) is 15.6. The van der Waals surface area contributed by atoms with Crippen molar-refractivity contribution < 1.29 is 9.36 Å². The van der Waals surface area contributed by atoms with E-state index in [-0.39, 0.29) is 22.8 Å². The Balaban J connectivity index is 2.06. The zero-order valence-corrected chi connectivity index (χ0v) is 15.6. The quantitative estimate of drug-likeness (QED) is 0.419. The first-order valence-electron chi connectivity index (χ1n) is 8.90. The number of hydrogen-bond donors (Lipinski definition) is 2. The molecule has 3 N–H and O–H groups in total. The SMILES string of the molecule is CNC(=O)c1cc2c(=O)n3ccccc3nc2[n+](Cc2ccc(C)cc2)c1N. The Morgan fingerprint density at radius 3 is 2.68 bits per heavy atom. The fourth-order valence-electron chi connectivity index (χ4n) is 3.25. The number of aromatic nitrogens is 3. The van der Waals surface area contributed by atoms with Gasteiger partial charge in [0.05, 0.1) is 6.54 Å². The van der Waals surface area contributed by atoms with Crippen LogP contribution in [0, 0.1) is 6.92 Å². The molecule has 4 aromatic rings. The van der Waals surface area contributed by atoms with Gasteiger partial charge in [-0.05, 0) is 30.7 Å². The van der Waals surface area contributed by atoms with E-state index in [1.807, 2.05) is 37.3 Å². The van der Waals surface area contributed by atoms with E-state index in [0.29, 0.717) is 23.2 Å². The number of carbonyl (C=O) groups excluding carboxylic acids is 1. The minimum absolute atomic E-state index is 0.247. The molecule has 0 aliphatic carbocycles. The molecular weight excluding hydrogens is 354 g/mol. The summed E-state index contributed by atoms with van der Waals surface area (Å²) in [4.78, 5) is 30.1. The summed E-state index contributed by atoms with van der Waals surface area (Å²) in [6, 6.07) is 14.9. The Hall–Kier alpha value is -3.74. The predicted octanol–water partition coefficient (Wildman–Crippen LogP) is 1.43. The van der Waals surface area contributed by atoms with Crippen molar-refractivity contribution >= 4 is 28.4 Å². The van der Waals surface area contributed by atoms with Gasteiger partial charge < -0.3 is 11.1 Å². The van der Waals surface area contributed by atoms with Gasteiger partial charge in [0.2, 0.25) is 11.5 Å². The maximum Gasteiger partial charge on any atom is 0.278 e. The van der Waals surface area contributed by atoms with Crippen LogP contribution in [-0.4, -0.2) is 22.3 Å². The largest absolute Gasteiger partial charge is 0.355 e. The van der Waals surface area contributed by atoms with E-state index in [1.54, 1.807) is 22.9 Å². The van der Waals surface area contributed by atoms with Crippen molar-refractivity contribution in [2.45, 2.75) is 13.5 Å². The third-order valence-corrected chi connectivity index (χ3v) is 4.79. The molecule has 7 heteroatoms. The summed E-state index contributed by atoms with van der Waals surface area (Å²) >= 11 is 0. The van der Waals surface area contributed by atoms with E-state index >= 15 is 0 Å². The molecule has 0 bridgehead atoms. The number of nitrogens with one attached hydrogen (secondary N) is 1. The molecule has 7 nitrogen and oxygen atoms in total. The first-order chi connectivity index (χ1) is 13.5. The topological polar surface area (TPSA) is 93.4 Å². The van der Waals surface area contributed by atoms with E-state index in [1.165, 1.54) is 17.5 Å². The molecule has 0 saturated heterocycles. The van der Waals surface area contributed by atoms with Crippen LogP contribution < -0.4 is 21.2 Å². The highest BCUT2D eigenvalue weighted by molar-refractivity contribution is 6.00. The first-order valence-corrected chi connectivity index (χ1v) is 8.90. The van der Waals surface area contributed by atoms with E-state index in [2.05, 4.69) is 10.3 Å². The maximum atomic E-state index is 13.0. The lowest BCUT2D eigenvalue weighted by Crippen LogP contribution is -2.43. The molecule has 0 saturated carbocycles. The van der Waals surface area contributed by atoms with Gasteiger partial charge in [-0.2, -0.15) is 0 Å². The van der Waals surface area contributed by atoms with Crippen molar-refractivity contribution in [2.75, 3.05) is 12.8 Å². The summed E-state index contributed by atoms with van der Waals surface area (Å²) in [6.45, 7) is 2.41. The molecule has 0 unspecified atom stereocenters. The molecule has 1 aromatic carbocycles. The van der Waals surface area contributed by atoms with Gasteiger partial charge in [-0.3, -0.25) is 14.0 Å². The van der Waals surface area contributed by atoms with Crippen LogP contribution in [0.3, 0.4) is 0 Å². The number of pyridine rings is 2. The molecule has 0 fully saturated rings. The summed E-state index contributed by atoms with van der Waals surface area (Å²) in [5.74, 6) is -0.0887. The average molecular weight is 374 g/mol. The average Bonchev–Trinajstić information content (AvgIpc) is 2.71. The maximum absolute atomic E-state index is 13.0. The van der Waals surface area contributed by atoms with E-state index in [4.69, 9.17) is 5.73 Å². The van der Waals surface area contributed by atoms with E-state index in [0.717, 1.165) is 11.1 Å². The Kier molecular flexibility index (Phi) is 4.27. The summed E-state index contributed by atoms with van der Waals surface area (Å²) in [7, 11) is 1.53. The Morgan fingerprint density at radius 1 is 1.21 bits per heavy atom. The third-order valence-electron chi connectivity index (χ3n) is 4.79. The van der Waals surface area contributed by atoms with Gasteiger partial charge in [0.1, 0.15) is 10.9 Å². The molecular formula is C21H20N5O2+. The number of benzene rings is 1. The van der Waals surface area contributed by atoms with Crippen molar-refractivity contribution in [3.8, 4) is 0 Å². The van der Waals surface area contributed by atoms with Gasteiger partial charge in [-0.1, -0.05) is 40.9 Å². The number of carbonyl (C=O) groups is 1. The molecule has 0 atom stereocenters. The highest BCUT2D eigenvalue weighted by atomic mass is 16.1. The standard InChI is InChI=1S/C21H19N5O2/c1-13-6-8-14(9-7-13)12-26-18(22)15(20(27)23-2)11-16-19(26)24-17-5-3-4-10-25(17)21(16)28/h3-11,22H,12H2,1-2H3,(H,23,27)/p+1. The number of rotatable bonds is 3. The van der Waals surface area contributed by atoms with Gasteiger partial charge in [0.25, 0.3) is 17.1 Å². The smallest absolute Gasteiger partial charge is 0.278 e. The highest BCUT2D eigenvalue weighted by Gasteiger charge is 2.24. The van der Waals surface area contributed by atoms with Crippen molar-refractivity contribution in [1.82, 2.24) is 14.7 Å². The molecule has 1 amide bonds. The number of nitrogens with zero attached hydrogens (tertiary/aromatic N) is 3. The van der Waals surface area contributed by atoms with Crippen LogP contribution >= 0.6 is 0 Å². The molecule has 28 heavy (non-hydrogen) atoms. The highest BCUT2D eigenvalue weighted by Crippen LogP contribution is 2.15. The van der Waals surface area contributed by atoms with Crippen LogP contribution in [0.5, 0.6) is 0 Å². The fourth-order valence-corrected chi connectivity index (χ4v) is 3.25. The zero-order chi connectivity index (χ0) is 19.8. The monoisotopic (exact) mass is 374 g/mol. The van der Waals surface area contributed by atoms with Crippen LogP contribution in [-0.2, 0) is 6.54 Å². The Bertz CT molecular complexity index is 1280. The molecule has 3 aromatic heterocycles. The number of aryl methyl sites for hydroxylation is 1. The second-order valence-electron chi connectivity index (χ2n) is 6.68. The Labute approximate surface area is 161 Å². The summed E-state index contributed by atoms with van der Waals surface area (Å²) in [5.41, 5.74) is 9.46. The van der Waals surface area contributed by atoms with Gasteiger partial charge in [0.15, 0.2) is 0 Å². The second-order valence-corrected chi connectivity index (χ2v) is 6.68. The van der Waals surface area contributed by atoms with Crippen LogP contribution in [0.15, 0.2) is 59.5 Å². The van der Waals surface area contributed by atoms with Gasteiger partial charge >= 0.3 is 0 Å². The minimum Gasteiger partial charge on any atom is -0.355 e. The van der Waals surface area contributed by atoms with Crippen molar-refractivity contribution in [2.24, 2.45) is 0 Å². The van der Waals surface area contributed by atoms with E-state index < -0.39 is 0 Å². The van der Waals surface area contributed by atoms with Gasteiger partial charge in [-0.15, -0.1) is 0 Å². The Morgan fingerprint density at radius 2 is 1.96 bits per heavy atom. The van der Waals surface area contributed by atoms with Crippen molar-refractivity contribution in [3.05, 3.63) is 81.8 Å². The van der Waals surface area contributed by atoms with Gasteiger partial charge in [-0.25, -0.2) is 4.57 Å². The predicted molar refractivity (Wildman–Crippen MR) is 107 cm³/mol. The second kappa shape index (κ2) is 6.77. The fraction of sp³-hybridized carbons (Fsp3) is 0.143. The normalized spacial score (nSPS) is 11.1. The van der Waals surface area contributed by atoms with Crippen molar-refractivity contribution in [1.29, 1.82) is 0 Å². The minimum atomic E-state index is -0.352. The summed E-state index contributed by atoms with van der Waals surface area (Å²) in [5, 5.41) is 2.92. The van der Waals surface area contributed by atoms with Crippen LogP contribution in [0.4, 0.5) is 5.82 Å². The molecule has 4 rings (SSSR count).